The van der Waals surface area contributed by atoms with Gasteiger partial charge in [-0.25, -0.2) is 0 Å². The molecule has 2 bridgehead atoms. The number of ketones is 1. The highest BCUT2D eigenvalue weighted by Crippen LogP contribution is 2.40. The van der Waals surface area contributed by atoms with Gasteiger partial charge in [0, 0.05) is 54.5 Å². The maximum atomic E-state index is 12.1. The Morgan fingerprint density at radius 3 is 2.62 bits per heavy atom. The lowest BCUT2D eigenvalue weighted by atomic mass is 9.89. The van der Waals surface area contributed by atoms with Crippen LogP contribution < -0.4 is 0 Å². The highest BCUT2D eigenvalue weighted by atomic mass is 35.5. The lowest BCUT2D eigenvalue weighted by Crippen LogP contribution is -2.46. The standard InChI is InChI=1S/C24H33ClN2O2/c1-16(28)22-14-26(24-21(22)4-2-5-23(24)25)10-3-11-27-18-8-9-19(27)13-20(12-18)29-15-17-6-7-17/h2,4-5,14,17-21,24H,3,6-13,15H2,1H3. The average Bonchev–Trinajstić information content (AvgIpc) is 3.40. The molecule has 0 amide bonds. The maximum absolute atomic E-state index is 12.1. The lowest BCUT2D eigenvalue weighted by molar-refractivity contribution is -0.113. The van der Waals surface area contributed by atoms with Crippen LogP contribution in [-0.4, -0.2) is 59.5 Å². The largest absolute Gasteiger partial charge is 0.378 e. The number of carbonyl (C=O) groups is 1. The van der Waals surface area contributed by atoms with Gasteiger partial charge >= 0.3 is 0 Å². The Labute approximate surface area is 179 Å². The third-order valence-electron chi connectivity index (χ3n) is 7.56. The average molecular weight is 417 g/mol. The van der Waals surface area contributed by atoms with Crippen molar-refractivity contribution in [1.29, 1.82) is 0 Å². The number of fused-ring (bicyclic) bond motifs is 3. The summed E-state index contributed by atoms with van der Waals surface area (Å²) in [4.78, 5) is 17.1. The smallest absolute Gasteiger partial charge is 0.157 e. The zero-order valence-electron chi connectivity index (χ0n) is 17.4. The lowest BCUT2D eigenvalue weighted by Gasteiger charge is -2.39. The normalized spacial score (nSPS) is 36.2. The Bertz CT molecular complexity index is 727. The number of hydrogen-bond donors (Lipinski definition) is 0. The molecule has 2 aliphatic carbocycles. The minimum Gasteiger partial charge on any atom is -0.378 e. The Hall–Kier alpha value is -1.10. The first-order valence-corrected chi connectivity index (χ1v) is 11.9. The van der Waals surface area contributed by atoms with Crippen LogP contribution in [0, 0.1) is 11.8 Å². The van der Waals surface area contributed by atoms with Crippen LogP contribution >= 0.6 is 11.6 Å². The third kappa shape index (κ3) is 4.08. The first-order chi connectivity index (χ1) is 14.1. The van der Waals surface area contributed by atoms with Crippen molar-refractivity contribution in [3.05, 3.63) is 35.0 Å². The van der Waals surface area contributed by atoms with E-state index in [-0.39, 0.29) is 17.7 Å². The van der Waals surface area contributed by atoms with Gasteiger partial charge in [0.2, 0.25) is 0 Å². The minimum absolute atomic E-state index is 0.110. The van der Waals surface area contributed by atoms with E-state index >= 15 is 0 Å². The van der Waals surface area contributed by atoms with E-state index in [0.29, 0.717) is 18.2 Å². The molecule has 3 aliphatic heterocycles. The van der Waals surface area contributed by atoms with Crippen molar-refractivity contribution in [1.82, 2.24) is 9.80 Å². The maximum Gasteiger partial charge on any atom is 0.157 e. The molecule has 2 saturated heterocycles. The number of Topliss-reactive ketones (excluding diaryl/α,β-unsaturated/α-hetero) is 1. The molecule has 0 spiro atoms. The van der Waals surface area contributed by atoms with Crippen LogP contribution in [0.1, 0.15) is 51.9 Å². The van der Waals surface area contributed by atoms with Crippen LogP contribution in [0.4, 0.5) is 0 Å². The van der Waals surface area contributed by atoms with E-state index in [1.807, 2.05) is 12.2 Å². The highest BCUT2D eigenvalue weighted by molar-refractivity contribution is 6.30. The zero-order valence-corrected chi connectivity index (χ0v) is 18.2. The van der Waals surface area contributed by atoms with E-state index in [1.54, 1.807) is 6.92 Å². The number of ether oxygens (including phenoxy) is 1. The number of allylic oxidation sites excluding steroid dienone is 2. The summed E-state index contributed by atoms with van der Waals surface area (Å²) in [5.74, 6) is 1.13. The predicted molar refractivity (Wildman–Crippen MR) is 116 cm³/mol. The van der Waals surface area contributed by atoms with Crippen LogP contribution in [0.25, 0.3) is 0 Å². The Morgan fingerprint density at radius 2 is 1.93 bits per heavy atom. The molecule has 5 rings (SSSR count). The van der Waals surface area contributed by atoms with E-state index in [1.165, 1.54) is 38.5 Å². The second kappa shape index (κ2) is 8.20. The summed E-state index contributed by atoms with van der Waals surface area (Å²) in [5.41, 5.74) is 0.895. The van der Waals surface area contributed by atoms with Gasteiger partial charge in [-0.15, -0.1) is 0 Å². The van der Waals surface area contributed by atoms with Crippen LogP contribution in [-0.2, 0) is 9.53 Å². The fourth-order valence-corrected chi connectivity index (χ4v) is 6.21. The van der Waals surface area contributed by atoms with E-state index in [4.69, 9.17) is 16.3 Å². The van der Waals surface area contributed by atoms with Gasteiger partial charge in [0.25, 0.3) is 0 Å². The number of rotatable bonds is 8. The first-order valence-electron chi connectivity index (χ1n) is 11.5. The van der Waals surface area contributed by atoms with Gasteiger partial charge < -0.3 is 9.64 Å². The number of piperidine rings is 1. The molecule has 0 aromatic rings. The second-order valence-corrected chi connectivity index (χ2v) is 10.1. The molecule has 0 aromatic carbocycles. The monoisotopic (exact) mass is 416 g/mol. The second-order valence-electron chi connectivity index (χ2n) is 9.63. The molecule has 5 aliphatic rings. The summed E-state index contributed by atoms with van der Waals surface area (Å²) in [6, 6.07) is 1.52. The molecule has 29 heavy (non-hydrogen) atoms. The fourth-order valence-electron chi connectivity index (χ4n) is 5.87. The van der Waals surface area contributed by atoms with Crippen molar-refractivity contribution >= 4 is 17.4 Å². The summed E-state index contributed by atoms with van der Waals surface area (Å²) in [6.07, 6.45) is 17.6. The van der Waals surface area contributed by atoms with Crippen LogP contribution in [0.2, 0.25) is 0 Å². The van der Waals surface area contributed by atoms with Gasteiger partial charge in [-0.2, -0.15) is 0 Å². The summed E-state index contributed by atoms with van der Waals surface area (Å²) < 4.78 is 6.23. The SMILES string of the molecule is CC(=O)C1=CN(CCCN2C3CCC2CC(OCC2CC2)C3)C2C(Cl)=CC=CC12. The molecular weight excluding hydrogens is 384 g/mol. The van der Waals surface area contributed by atoms with Crippen LogP contribution in [0.15, 0.2) is 35.0 Å². The summed E-state index contributed by atoms with van der Waals surface area (Å²) in [7, 11) is 0. The Kier molecular flexibility index (Phi) is 5.61. The van der Waals surface area contributed by atoms with E-state index in [2.05, 4.69) is 22.1 Å². The Balaban J connectivity index is 1.15. The quantitative estimate of drug-likeness (QED) is 0.591. The summed E-state index contributed by atoms with van der Waals surface area (Å²) in [6.45, 7) is 4.75. The molecule has 0 aromatic heterocycles. The molecule has 3 heterocycles. The topological polar surface area (TPSA) is 32.8 Å². The summed E-state index contributed by atoms with van der Waals surface area (Å²) in [5, 5.41) is 0.846. The molecular formula is C24H33ClN2O2. The fraction of sp³-hybridized carbons (Fsp3) is 0.708. The van der Waals surface area contributed by atoms with E-state index < -0.39 is 0 Å². The molecule has 0 N–H and O–H groups in total. The number of nitrogens with zero attached hydrogens (tertiary/aromatic N) is 2. The van der Waals surface area contributed by atoms with E-state index in [9.17, 15) is 4.79 Å². The van der Waals surface area contributed by atoms with E-state index in [0.717, 1.165) is 42.6 Å². The molecule has 0 radical (unpaired) electrons. The van der Waals surface area contributed by atoms with Crippen molar-refractivity contribution in [3.8, 4) is 0 Å². The molecule has 4 unspecified atom stereocenters. The molecule has 5 heteroatoms. The molecule has 4 nitrogen and oxygen atoms in total. The van der Waals surface area contributed by atoms with Crippen molar-refractivity contribution in [2.45, 2.75) is 76.1 Å². The van der Waals surface area contributed by atoms with Gasteiger partial charge in [0.1, 0.15) is 0 Å². The van der Waals surface area contributed by atoms with Crippen molar-refractivity contribution in [3.63, 3.8) is 0 Å². The van der Waals surface area contributed by atoms with Gasteiger partial charge in [-0.1, -0.05) is 23.8 Å². The molecule has 3 fully saturated rings. The van der Waals surface area contributed by atoms with Gasteiger partial charge in [-0.3, -0.25) is 9.69 Å². The van der Waals surface area contributed by atoms with Crippen molar-refractivity contribution in [2.24, 2.45) is 11.8 Å². The first kappa shape index (κ1) is 19.8. The van der Waals surface area contributed by atoms with Gasteiger partial charge in [-0.05, 0) is 63.9 Å². The third-order valence-corrected chi connectivity index (χ3v) is 7.91. The van der Waals surface area contributed by atoms with Gasteiger partial charge in [0.15, 0.2) is 5.78 Å². The molecule has 1 saturated carbocycles. The molecule has 158 valence electrons. The number of hydrogen-bond acceptors (Lipinski definition) is 4. The number of halogens is 1. The van der Waals surface area contributed by atoms with Crippen molar-refractivity contribution < 1.29 is 9.53 Å². The van der Waals surface area contributed by atoms with Crippen LogP contribution in [0.5, 0.6) is 0 Å². The van der Waals surface area contributed by atoms with Gasteiger partial charge in [0.05, 0.1) is 12.1 Å². The summed E-state index contributed by atoms with van der Waals surface area (Å²) >= 11 is 6.54. The minimum atomic E-state index is 0.110. The van der Waals surface area contributed by atoms with Crippen LogP contribution in [0.3, 0.4) is 0 Å². The Morgan fingerprint density at radius 1 is 1.17 bits per heavy atom. The highest BCUT2D eigenvalue weighted by Gasteiger charge is 2.42. The zero-order chi connectivity index (χ0) is 20.0. The van der Waals surface area contributed by atoms with Crippen molar-refractivity contribution in [2.75, 3.05) is 19.7 Å². The number of carbonyl (C=O) groups excluding carboxylic acids is 1. The predicted octanol–water partition coefficient (Wildman–Crippen LogP) is 4.26. The molecule has 4 atom stereocenters.